The van der Waals surface area contributed by atoms with E-state index >= 15 is 0 Å². The SMILES string of the molecule is c1ccc(-c2nc(-c3ccccc3)nc(-c3ccc4sc(-c5cccc(-n6c7ccccc7c7cc(-c8nc9ccccc9s8)ccc76)c5)nc4c3)n2)cc1. The topological polar surface area (TPSA) is 69.4 Å². The van der Waals surface area contributed by atoms with Gasteiger partial charge in [-0.3, -0.25) is 0 Å². The maximum absolute atomic E-state index is 5.17. The van der Waals surface area contributed by atoms with Gasteiger partial charge < -0.3 is 4.57 Å². The Kier molecular flexibility index (Phi) is 7.43. The lowest BCUT2D eigenvalue weighted by atomic mass is 10.1. The van der Waals surface area contributed by atoms with Crippen LogP contribution in [0.3, 0.4) is 0 Å². The van der Waals surface area contributed by atoms with Crippen LogP contribution in [0.4, 0.5) is 0 Å². The molecule has 7 aromatic carbocycles. The van der Waals surface area contributed by atoms with E-state index in [2.05, 4.69) is 108 Å². The molecule has 0 atom stereocenters. The molecule has 0 radical (unpaired) electrons. The first-order valence-corrected chi connectivity index (χ1v) is 19.6. The molecular formula is C47H28N6S2. The van der Waals surface area contributed by atoms with Crippen LogP contribution < -0.4 is 0 Å². The molecule has 0 aliphatic rings. The number of nitrogens with zero attached hydrogens (tertiary/aromatic N) is 6. The molecule has 11 aromatic rings. The van der Waals surface area contributed by atoms with E-state index < -0.39 is 0 Å². The average molecular weight is 741 g/mol. The second kappa shape index (κ2) is 12.9. The molecule has 11 rings (SSSR count). The number of benzene rings is 7. The highest BCUT2D eigenvalue weighted by molar-refractivity contribution is 7.22. The van der Waals surface area contributed by atoms with Crippen molar-refractivity contribution in [1.82, 2.24) is 29.5 Å². The van der Waals surface area contributed by atoms with Crippen LogP contribution >= 0.6 is 22.7 Å². The van der Waals surface area contributed by atoms with E-state index in [0.29, 0.717) is 17.5 Å². The van der Waals surface area contributed by atoms with Crippen molar-refractivity contribution >= 4 is 64.9 Å². The summed E-state index contributed by atoms with van der Waals surface area (Å²) in [6.45, 7) is 0. The van der Waals surface area contributed by atoms with Gasteiger partial charge in [-0.1, -0.05) is 103 Å². The smallest absolute Gasteiger partial charge is 0.164 e. The Morgan fingerprint density at radius 2 is 0.909 bits per heavy atom. The lowest BCUT2D eigenvalue weighted by Crippen LogP contribution is -2.00. The zero-order chi connectivity index (χ0) is 36.3. The normalized spacial score (nSPS) is 11.6. The van der Waals surface area contributed by atoms with Crippen molar-refractivity contribution in [2.75, 3.05) is 0 Å². The number of para-hydroxylation sites is 2. The minimum atomic E-state index is 0.615. The van der Waals surface area contributed by atoms with Gasteiger partial charge in [-0.2, -0.15) is 0 Å². The van der Waals surface area contributed by atoms with Crippen LogP contribution in [0.5, 0.6) is 0 Å². The van der Waals surface area contributed by atoms with Crippen molar-refractivity contribution in [2.45, 2.75) is 0 Å². The zero-order valence-corrected chi connectivity index (χ0v) is 30.8. The highest BCUT2D eigenvalue weighted by Crippen LogP contribution is 2.39. The summed E-state index contributed by atoms with van der Waals surface area (Å²) >= 11 is 3.42. The van der Waals surface area contributed by atoms with E-state index in [4.69, 9.17) is 24.9 Å². The fraction of sp³-hybridized carbons (Fsp3) is 0. The summed E-state index contributed by atoms with van der Waals surface area (Å²) < 4.78 is 4.66. The number of hydrogen-bond acceptors (Lipinski definition) is 7. The fourth-order valence-electron chi connectivity index (χ4n) is 7.29. The number of fused-ring (bicyclic) bond motifs is 5. The molecule has 0 bridgehead atoms. The van der Waals surface area contributed by atoms with Gasteiger partial charge in [0.15, 0.2) is 17.5 Å². The Morgan fingerprint density at radius 3 is 1.65 bits per heavy atom. The molecule has 0 aliphatic carbocycles. The minimum absolute atomic E-state index is 0.615. The third-order valence-electron chi connectivity index (χ3n) is 9.91. The van der Waals surface area contributed by atoms with Crippen LogP contribution in [0.1, 0.15) is 0 Å². The maximum atomic E-state index is 5.17. The van der Waals surface area contributed by atoms with Gasteiger partial charge in [0.1, 0.15) is 10.0 Å². The van der Waals surface area contributed by atoms with Gasteiger partial charge in [0.25, 0.3) is 0 Å². The molecule has 0 saturated carbocycles. The number of rotatable bonds is 6. The first-order valence-electron chi connectivity index (χ1n) is 18.0. The molecule has 0 aliphatic heterocycles. The number of aromatic nitrogens is 6. The Labute approximate surface area is 323 Å². The molecule has 4 aromatic heterocycles. The second-order valence-electron chi connectivity index (χ2n) is 13.4. The van der Waals surface area contributed by atoms with E-state index in [1.807, 2.05) is 66.7 Å². The minimum Gasteiger partial charge on any atom is -0.309 e. The molecule has 55 heavy (non-hydrogen) atoms. The van der Waals surface area contributed by atoms with Crippen LogP contribution in [-0.2, 0) is 0 Å². The molecular weight excluding hydrogens is 713 g/mol. The van der Waals surface area contributed by atoms with Gasteiger partial charge in [-0.15, -0.1) is 22.7 Å². The highest BCUT2D eigenvalue weighted by Gasteiger charge is 2.17. The monoisotopic (exact) mass is 740 g/mol. The summed E-state index contributed by atoms with van der Waals surface area (Å²) in [4.78, 5) is 24.9. The molecule has 258 valence electrons. The molecule has 6 nitrogen and oxygen atoms in total. The molecule has 0 fully saturated rings. The molecule has 8 heteroatoms. The predicted octanol–water partition coefficient (Wildman–Crippen LogP) is 12.5. The van der Waals surface area contributed by atoms with E-state index in [9.17, 15) is 0 Å². The lowest BCUT2D eigenvalue weighted by molar-refractivity contribution is 1.07. The molecule has 0 N–H and O–H groups in total. The zero-order valence-electron chi connectivity index (χ0n) is 29.2. The van der Waals surface area contributed by atoms with Gasteiger partial charge in [0.2, 0.25) is 0 Å². The summed E-state index contributed by atoms with van der Waals surface area (Å²) in [5.74, 6) is 1.89. The summed E-state index contributed by atoms with van der Waals surface area (Å²) in [6.07, 6.45) is 0. The summed E-state index contributed by atoms with van der Waals surface area (Å²) in [6, 6.07) is 58.8. The van der Waals surface area contributed by atoms with Crippen molar-refractivity contribution in [2.24, 2.45) is 0 Å². The van der Waals surface area contributed by atoms with Crippen LogP contribution in [0.15, 0.2) is 170 Å². The van der Waals surface area contributed by atoms with Crippen molar-refractivity contribution in [1.29, 1.82) is 0 Å². The number of hydrogen-bond donors (Lipinski definition) is 0. The summed E-state index contributed by atoms with van der Waals surface area (Å²) in [7, 11) is 0. The quantitative estimate of drug-likeness (QED) is 0.170. The van der Waals surface area contributed by atoms with Gasteiger partial charge >= 0.3 is 0 Å². The fourth-order valence-corrected chi connectivity index (χ4v) is 9.19. The first-order chi connectivity index (χ1) is 27.2. The van der Waals surface area contributed by atoms with Crippen molar-refractivity contribution in [3.63, 3.8) is 0 Å². The molecule has 4 heterocycles. The van der Waals surface area contributed by atoms with Crippen molar-refractivity contribution < 1.29 is 0 Å². The second-order valence-corrected chi connectivity index (χ2v) is 15.4. The summed E-state index contributed by atoms with van der Waals surface area (Å²) in [5.41, 5.74) is 10.3. The standard InChI is InChI=1S/C47H28N6S2/c1-3-12-29(13-4-1)43-50-44(30-14-5-2-6-15-30)52-45(51-43)31-23-25-42-38(28-31)49-46(55-42)32-16-11-17-34(26-32)53-39-20-9-7-18-35(39)36-27-33(22-24-40(36)53)47-48-37-19-8-10-21-41(37)54-47/h1-28H. The van der Waals surface area contributed by atoms with Crippen LogP contribution in [0, 0.1) is 0 Å². The predicted molar refractivity (Wildman–Crippen MR) is 228 cm³/mol. The van der Waals surface area contributed by atoms with E-state index in [1.165, 1.54) is 15.5 Å². The van der Waals surface area contributed by atoms with Crippen molar-refractivity contribution in [3.05, 3.63) is 170 Å². The van der Waals surface area contributed by atoms with E-state index in [0.717, 1.165) is 70.3 Å². The lowest BCUT2D eigenvalue weighted by Gasteiger charge is -2.09. The molecule has 0 saturated heterocycles. The first kappa shape index (κ1) is 31.6. The van der Waals surface area contributed by atoms with E-state index in [-0.39, 0.29) is 0 Å². The summed E-state index contributed by atoms with van der Waals surface area (Å²) in [5, 5.41) is 4.40. The highest BCUT2D eigenvalue weighted by atomic mass is 32.1. The van der Waals surface area contributed by atoms with Crippen LogP contribution in [-0.4, -0.2) is 29.5 Å². The average Bonchev–Trinajstić information content (AvgIpc) is 3.98. The van der Waals surface area contributed by atoms with E-state index in [1.54, 1.807) is 22.7 Å². The van der Waals surface area contributed by atoms with Gasteiger partial charge in [-0.05, 0) is 66.7 Å². The Balaban J connectivity index is 0.985. The Bertz CT molecular complexity index is 3130. The van der Waals surface area contributed by atoms with Gasteiger partial charge in [-0.25, -0.2) is 24.9 Å². The molecule has 0 amide bonds. The van der Waals surface area contributed by atoms with Crippen LogP contribution in [0.25, 0.3) is 103 Å². The third-order valence-corrected chi connectivity index (χ3v) is 12.1. The van der Waals surface area contributed by atoms with Crippen LogP contribution in [0.2, 0.25) is 0 Å². The molecule has 0 unspecified atom stereocenters. The Hall–Kier alpha value is -6.87. The van der Waals surface area contributed by atoms with Gasteiger partial charge in [0.05, 0.1) is 31.5 Å². The largest absolute Gasteiger partial charge is 0.309 e. The third kappa shape index (κ3) is 5.58. The van der Waals surface area contributed by atoms with Crippen molar-refractivity contribution in [3.8, 4) is 61.0 Å². The Morgan fingerprint density at radius 1 is 0.345 bits per heavy atom. The maximum Gasteiger partial charge on any atom is 0.164 e. The number of thiazole rings is 2. The molecule has 0 spiro atoms. The van der Waals surface area contributed by atoms with Gasteiger partial charge in [0, 0.05) is 44.3 Å².